The lowest BCUT2D eigenvalue weighted by molar-refractivity contribution is -0.928. The van der Waals surface area contributed by atoms with Crippen LogP contribution in [0.3, 0.4) is 0 Å². The molecule has 1 N–H and O–H groups in total. The average molecular weight is 319 g/mol. The van der Waals surface area contributed by atoms with Crippen molar-refractivity contribution in [2.75, 3.05) is 20.2 Å². The third-order valence-electron chi connectivity index (χ3n) is 4.30. The van der Waals surface area contributed by atoms with Gasteiger partial charge in [-0.1, -0.05) is 12.1 Å². The molecule has 1 aliphatic heterocycles. The van der Waals surface area contributed by atoms with Crippen LogP contribution < -0.4 is 9.64 Å². The lowest BCUT2D eigenvalue weighted by Gasteiger charge is -2.22. The van der Waals surface area contributed by atoms with E-state index in [0.717, 1.165) is 28.6 Å². The van der Waals surface area contributed by atoms with Crippen molar-refractivity contribution in [2.24, 2.45) is 7.05 Å². The van der Waals surface area contributed by atoms with Crippen molar-refractivity contribution in [2.45, 2.75) is 25.9 Å². The molecule has 3 rings (SSSR count). The standard InChI is InChI=1S/C16H22N4OS/c1-18-15(13-7-6-8-14(11-13)21-2)17-20(16(18)22)12-19-9-4-3-5-10-19/h6-8,11H,3-5,9-10,12H2,1-2H3/p+1. The number of likely N-dealkylation sites (tertiary alicyclic amines) is 1. The molecule has 118 valence electrons. The van der Waals surface area contributed by atoms with Gasteiger partial charge < -0.3 is 14.2 Å². The van der Waals surface area contributed by atoms with Crippen LogP contribution in [0.2, 0.25) is 0 Å². The molecule has 0 aliphatic carbocycles. The molecule has 1 aromatic carbocycles. The van der Waals surface area contributed by atoms with Gasteiger partial charge in [0.15, 0.2) is 12.5 Å². The summed E-state index contributed by atoms with van der Waals surface area (Å²) in [4.78, 5) is 1.57. The van der Waals surface area contributed by atoms with E-state index in [2.05, 4.69) is 0 Å². The minimum atomic E-state index is 0.774. The van der Waals surface area contributed by atoms with Gasteiger partial charge in [0.2, 0.25) is 4.77 Å². The van der Waals surface area contributed by atoms with Gasteiger partial charge in [-0.2, -0.15) is 4.68 Å². The van der Waals surface area contributed by atoms with Crippen molar-refractivity contribution in [3.63, 3.8) is 0 Å². The number of nitrogens with one attached hydrogen (secondary N) is 1. The van der Waals surface area contributed by atoms with Gasteiger partial charge in [0, 0.05) is 12.6 Å². The quantitative estimate of drug-likeness (QED) is 0.871. The molecule has 1 fully saturated rings. The number of hydrogen-bond donors (Lipinski definition) is 1. The van der Waals surface area contributed by atoms with E-state index in [1.807, 2.05) is 40.6 Å². The average Bonchev–Trinajstić information content (AvgIpc) is 2.84. The van der Waals surface area contributed by atoms with Gasteiger partial charge in [0.1, 0.15) is 5.75 Å². The van der Waals surface area contributed by atoms with Crippen molar-refractivity contribution < 1.29 is 9.64 Å². The van der Waals surface area contributed by atoms with Crippen molar-refractivity contribution in [3.8, 4) is 17.1 Å². The molecule has 6 heteroatoms. The zero-order valence-electron chi connectivity index (χ0n) is 13.2. The van der Waals surface area contributed by atoms with Gasteiger partial charge in [-0.15, -0.1) is 5.10 Å². The normalized spacial score (nSPS) is 15.9. The highest BCUT2D eigenvalue weighted by Gasteiger charge is 2.17. The third kappa shape index (κ3) is 3.08. The monoisotopic (exact) mass is 319 g/mol. The number of hydrogen-bond acceptors (Lipinski definition) is 3. The first-order valence-electron chi connectivity index (χ1n) is 7.81. The minimum absolute atomic E-state index is 0.774. The van der Waals surface area contributed by atoms with Gasteiger partial charge >= 0.3 is 0 Å². The molecular formula is C16H23N4OS+. The minimum Gasteiger partial charge on any atom is -0.497 e. The zero-order chi connectivity index (χ0) is 15.5. The van der Waals surface area contributed by atoms with Crippen LogP contribution in [0.4, 0.5) is 0 Å². The highest BCUT2D eigenvalue weighted by atomic mass is 32.1. The smallest absolute Gasteiger partial charge is 0.202 e. The van der Waals surface area contributed by atoms with Crippen LogP contribution in [-0.4, -0.2) is 34.5 Å². The van der Waals surface area contributed by atoms with E-state index in [-0.39, 0.29) is 0 Å². The fourth-order valence-electron chi connectivity index (χ4n) is 3.03. The molecule has 1 saturated heterocycles. The molecular weight excluding hydrogens is 296 g/mol. The van der Waals surface area contributed by atoms with Gasteiger partial charge in [0.25, 0.3) is 0 Å². The first-order chi connectivity index (χ1) is 10.7. The first kappa shape index (κ1) is 15.2. The number of nitrogens with zero attached hydrogens (tertiary/aromatic N) is 3. The SMILES string of the molecule is COc1cccc(-c2nn(C[NH+]3CCCCC3)c(=S)n2C)c1. The molecule has 2 heterocycles. The van der Waals surface area contributed by atoms with E-state index in [1.165, 1.54) is 32.4 Å². The molecule has 1 aliphatic rings. The Morgan fingerprint density at radius 3 is 2.77 bits per heavy atom. The highest BCUT2D eigenvalue weighted by molar-refractivity contribution is 7.71. The van der Waals surface area contributed by atoms with E-state index in [0.29, 0.717) is 0 Å². The predicted molar refractivity (Wildman–Crippen MR) is 88.6 cm³/mol. The van der Waals surface area contributed by atoms with Gasteiger partial charge in [0.05, 0.1) is 20.2 Å². The Bertz CT molecular complexity index is 700. The zero-order valence-corrected chi connectivity index (χ0v) is 14.0. The maximum absolute atomic E-state index is 5.56. The summed E-state index contributed by atoms with van der Waals surface area (Å²) in [6.45, 7) is 3.29. The van der Waals surface area contributed by atoms with E-state index >= 15 is 0 Å². The molecule has 0 spiro atoms. The Kier molecular flexibility index (Phi) is 4.59. The Morgan fingerprint density at radius 1 is 1.27 bits per heavy atom. The predicted octanol–water partition coefficient (Wildman–Crippen LogP) is 1.65. The second-order valence-corrected chi connectivity index (χ2v) is 6.23. The van der Waals surface area contributed by atoms with E-state index in [1.54, 1.807) is 12.0 Å². The molecule has 1 aromatic heterocycles. The Hall–Kier alpha value is -1.66. The second-order valence-electron chi connectivity index (χ2n) is 5.87. The maximum Gasteiger partial charge on any atom is 0.202 e. The lowest BCUT2D eigenvalue weighted by atomic mass is 10.1. The number of quaternary nitrogens is 1. The Balaban J connectivity index is 1.89. The van der Waals surface area contributed by atoms with Crippen LogP contribution in [0.25, 0.3) is 11.4 Å². The van der Waals surface area contributed by atoms with Crippen LogP contribution in [0, 0.1) is 4.77 Å². The lowest BCUT2D eigenvalue weighted by Crippen LogP contribution is -3.12. The topological polar surface area (TPSA) is 36.4 Å². The van der Waals surface area contributed by atoms with Crippen molar-refractivity contribution in [1.29, 1.82) is 0 Å². The van der Waals surface area contributed by atoms with Crippen LogP contribution in [0.5, 0.6) is 5.75 Å². The van der Waals surface area contributed by atoms with Crippen LogP contribution in [0.15, 0.2) is 24.3 Å². The van der Waals surface area contributed by atoms with Crippen molar-refractivity contribution >= 4 is 12.2 Å². The molecule has 0 radical (unpaired) electrons. The van der Waals surface area contributed by atoms with Crippen LogP contribution in [-0.2, 0) is 13.7 Å². The largest absolute Gasteiger partial charge is 0.497 e. The molecule has 0 atom stereocenters. The number of aromatic nitrogens is 3. The molecule has 0 unspecified atom stereocenters. The van der Waals surface area contributed by atoms with Gasteiger partial charge in [-0.05, 0) is 43.6 Å². The van der Waals surface area contributed by atoms with Gasteiger partial charge in [-0.3, -0.25) is 0 Å². The second kappa shape index (κ2) is 6.62. The fraction of sp³-hybridized carbons (Fsp3) is 0.500. The fourth-order valence-corrected chi connectivity index (χ4v) is 3.22. The first-order valence-corrected chi connectivity index (χ1v) is 8.21. The van der Waals surface area contributed by atoms with Crippen molar-refractivity contribution in [3.05, 3.63) is 29.0 Å². The maximum atomic E-state index is 5.56. The summed E-state index contributed by atoms with van der Waals surface area (Å²) in [6.07, 6.45) is 3.96. The summed E-state index contributed by atoms with van der Waals surface area (Å²) in [5.41, 5.74) is 1.03. The summed E-state index contributed by atoms with van der Waals surface area (Å²) in [5, 5.41) is 4.75. The molecule has 0 bridgehead atoms. The Labute approximate surface area is 136 Å². The number of rotatable bonds is 4. The van der Waals surface area contributed by atoms with Gasteiger partial charge in [-0.25, -0.2) is 0 Å². The highest BCUT2D eigenvalue weighted by Crippen LogP contribution is 2.22. The summed E-state index contributed by atoms with van der Waals surface area (Å²) in [6, 6.07) is 7.95. The number of piperidine rings is 1. The summed E-state index contributed by atoms with van der Waals surface area (Å²) in [7, 11) is 3.65. The summed E-state index contributed by atoms with van der Waals surface area (Å²) < 4.78 is 10.0. The van der Waals surface area contributed by atoms with Crippen LogP contribution in [0.1, 0.15) is 19.3 Å². The molecule has 22 heavy (non-hydrogen) atoms. The molecule has 5 nitrogen and oxygen atoms in total. The van der Waals surface area contributed by atoms with E-state index < -0.39 is 0 Å². The summed E-state index contributed by atoms with van der Waals surface area (Å²) in [5.74, 6) is 1.72. The third-order valence-corrected chi connectivity index (χ3v) is 4.79. The molecule has 0 amide bonds. The number of methoxy groups -OCH3 is 1. The number of ether oxygens (including phenoxy) is 1. The number of benzene rings is 1. The van der Waals surface area contributed by atoms with E-state index in [9.17, 15) is 0 Å². The summed E-state index contributed by atoms with van der Waals surface area (Å²) >= 11 is 5.56. The van der Waals surface area contributed by atoms with Crippen molar-refractivity contribution in [1.82, 2.24) is 14.3 Å². The molecule has 2 aromatic rings. The molecule has 0 saturated carbocycles. The Morgan fingerprint density at radius 2 is 2.05 bits per heavy atom. The van der Waals surface area contributed by atoms with Crippen LogP contribution >= 0.6 is 12.2 Å². The van der Waals surface area contributed by atoms with E-state index in [4.69, 9.17) is 22.1 Å².